The second-order valence-electron chi connectivity index (χ2n) is 6.37. The van der Waals surface area contributed by atoms with Gasteiger partial charge in [-0.3, -0.25) is 4.79 Å². The molecule has 1 fully saturated rings. The van der Waals surface area contributed by atoms with Crippen molar-refractivity contribution in [1.29, 1.82) is 0 Å². The van der Waals surface area contributed by atoms with Crippen LogP contribution in [0.3, 0.4) is 0 Å². The summed E-state index contributed by atoms with van der Waals surface area (Å²) >= 11 is 0. The van der Waals surface area contributed by atoms with Crippen LogP contribution in [0.15, 0.2) is 30.3 Å². The van der Waals surface area contributed by atoms with Gasteiger partial charge in [-0.2, -0.15) is 0 Å². The first-order chi connectivity index (χ1) is 11.4. The van der Waals surface area contributed by atoms with Crippen LogP contribution in [0.25, 0.3) is 0 Å². The summed E-state index contributed by atoms with van der Waals surface area (Å²) in [7, 11) is 0. The highest BCUT2D eigenvalue weighted by atomic mass is 16.1. The van der Waals surface area contributed by atoms with E-state index in [1.165, 1.54) is 32.1 Å². The van der Waals surface area contributed by atoms with E-state index in [4.69, 9.17) is 0 Å². The minimum atomic E-state index is 0.0234. The number of carbonyl (C=O) groups excluding carboxylic acids is 1. The van der Waals surface area contributed by atoms with Crippen LogP contribution in [-0.4, -0.2) is 38.1 Å². The molecule has 23 heavy (non-hydrogen) atoms. The quantitative estimate of drug-likeness (QED) is 0.582. The van der Waals surface area contributed by atoms with Crippen LogP contribution >= 0.6 is 0 Å². The fourth-order valence-electron chi connectivity index (χ4n) is 3.06. The van der Waals surface area contributed by atoms with E-state index in [1.807, 2.05) is 30.3 Å². The van der Waals surface area contributed by atoms with E-state index in [0.717, 1.165) is 50.6 Å². The lowest BCUT2D eigenvalue weighted by Crippen LogP contribution is -2.36. The Bertz CT molecular complexity index is 430. The number of carbonyl (C=O) groups is 1. The molecule has 0 bridgehead atoms. The number of rotatable bonds is 10. The van der Waals surface area contributed by atoms with Gasteiger partial charge in [-0.1, -0.05) is 37.5 Å². The van der Waals surface area contributed by atoms with E-state index < -0.39 is 0 Å². The van der Waals surface area contributed by atoms with Crippen molar-refractivity contribution in [2.75, 3.05) is 26.2 Å². The number of unbranched alkanes of at least 4 members (excludes halogenated alkanes) is 1. The van der Waals surface area contributed by atoms with Crippen molar-refractivity contribution in [3.05, 3.63) is 35.9 Å². The molecule has 0 saturated heterocycles. The van der Waals surface area contributed by atoms with Gasteiger partial charge in [-0.15, -0.1) is 0 Å². The third-order valence-electron chi connectivity index (χ3n) is 4.44. The molecule has 0 atom stereocenters. The van der Waals surface area contributed by atoms with Crippen molar-refractivity contribution >= 4 is 5.91 Å². The van der Waals surface area contributed by atoms with Gasteiger partial charge in [-0.25, -0.2) is 0 Å². The Morgan fingerprint density at radius 2 is 1.65 bits per heavy atom. The Labute approximate surface area is 140 Å². The van der Waals surface area contributed by atoms with Crippen LogP contribution in [0.1, 0.15) is 55.3 Å². The summed E-state index contributed by atoms with van der Waals surface area (Å²) < 4.78 is 0. The van der Waals surface area contributed by atoms with Crippen LogP contribution in [0.2, 0.25) is 0 Å². The molecular weight excluding hydrogens is 286 g/mol. The molecule has 0 spiro atoms. The van der Waals surface area contributed by atoms with Crippen molar-refractivity contribution in [3.8, 4) is 0 Å². The van der Waals surface area contributed by atoms with E-state index in [2.05, 4.69) is 16.0 Å². The summed E-state index contributed by atoms with van der Waals surface area (Å²) in [6, 6.07) is 10.1. The number of nitrogens with one attached hydrogen (secondary N) is 3. The van der Waals surface area contributed by atoms with Gasteiger partial charge in [0.15, 0.2) is 0 Å². The van der Waals surface area contributed by atoms with E-state index in [9.17, 15) is 4.79 Å². The van der Waals surface area contributed by atoms with Gasteiger partial charge in [0.1, 0.15) is 0 Å². The molecule has 1 saturated carbocycles. The minimum absolute atomic E-state index is 0.0234. The molecule has 4 heteroatoms. The fraction of sp³-hybridized carbons (Fsp3) is 0.632. The third kappa shape index (κ3) is 7.62. The maximum Gasteiger partial charge on any atom is 0.251 e. The molecule has 1 amide bonds. The maximum absolute atomic E-state index is 11.8. The molecule has 1 aromatic carbocycles. The normalized spacial score (nSPS) is 15.5. The van der Waals surface area contributed by atoms with Crippen molar-refractivity contribution in [3.63, 3.8) is 0 Å². The first-order valence-corrected chi connectivity index (χ1v) is 9.13. The van der Waals surface area contributed by atoms with Crippen LogP contribution in [-0.2, 0) is 0 Å². The van der Waals surface area contributed by atoms with E-state index in [1.54, 1.807) is 0 Å². The minimum Gasteiger partial charge on any atom is -0.352 e. The average Bonchev–Trinajstić information content (AvgIpc) is 2.61. The Morgan fingerprint density at radius 1 is 0.913 bits per heavy atom. The lowest BCUT2D eigenvalue weighted by Gasteiger charge is -2.22. The molecule has 0 radical (unpaired) electrons. The molecule has 0 heterocycles. The zero-order chi connectivity index (χ0) is 16.2. The summed E-state index contributed by atoms with van der Waals surface area (Å²) in [5.41, 5.74) is 0.736. The summed E-state index contributed by atoms with van der Waals surface area (Å²) in [6.07, 6.45) is 9.00. The van der Waals surface area contributed by atoms with E-state index in [-0.39, 0.29) is 5.91 Å². The van der Waals surface area contributed by atoms with Crippen LogP contribution in [0.5, 0.6) is 0 Å². The number of benzene rings is 1. The summed E-state index contributed by atoms with van der Waals surface area (Å²) in [6.45, 7) is 3.87. The van der Waals surface area contributed by atoms with Gasteiger partial charge in [0, 0.05) is 31.2 Å². The van der Waals surface area contributed by atoms with Crippen molar-refractivity contribution < 1.29 is 4.79 Å². The molecule has 0 unspecified atom stereocenters. The molecule has 0 aromatic heterocycles. The van der Waals surface area contributed by atoms with Gasteiger partial charge in [0.25, 0.3) is 5.91 Å². The van der Waals surface area contributed by atoms with Gasteiger partial charge in [-0.05, 0) is 44.4 Å². The molecule has 0 aliphatic heterocycles. The predicted octanol–water partition coefficient (Wildman–Crippen LogP) is 2.71. The largest absolute Gasteiger partial charge is 0.352 e. The maximum atomic E-state index is 11.8. The van der Waals surface area contributed by atoms with Crippen LogP contribution < -0.4 is 16.0 Å². The first kappa shape index (κ1) is 18.0. The molecule has 4 nitrogen and oxygen atoms in total. The molecule has 1 aliphatic rings. The fourth-order valence-corrected chi connectivity index (χ4v) is 3.06. The summed E-state index contributed by atoms with van der Waals surface area (Å²) in [5.74, 6) is 0.0234. The molecule has 128 valence electrons. The molecule has 2 rings (SSSR count). The molecule has 1 aliphatic carbocycles. The lowest BCUT2D eigenvalue weighted by molar-refractivity contribution is 0.0953. The number of hydrogen-bond donors (Lipinski definition) is 3. The van der Waals surface area contributed by atoms with Gasteiger partial charge >= 0.3 is 0 Å². The highest BCUT2D eigenvalue weighted by molar-refractivity contribution is 5.94. The lowest BCUT2D eigenvalue weighted by atomic mass is 9.95. The van der Waals surface area contributed by atoms with Gasteiger partial charge in [0.2, 0.25) is 0 Å². The van der Waals surface area contributed by atoms with Gasteiger partial charge in [0.05, 0.1) is 0 Å². The van der Waals surface area contributed by atoms with E-state index in [0.29, 0.717) is 0 Å². The Morgan fingerprint density at radius 3 is 2.43 bits per heavy atom. The second kappa shape index (κ2) is 11.2. The van der Waals surface area contributed by atoms with Crippen molar-refractivity contribution in [1.82, 2.24) is 16.0 Å². The highest BCUT2D eigenvalue weighted by Crippen LogP contribution is 2.16. The third-order valence-corrected chi connectivity index (χ3v) is 4.44. The highest BCUT2D eigenvalue weighted by Gasteiger charge is 2.11. The summed E-state index contributed by atoms with van der Waals surface area (Å²) in [4.78, 5) is 11.8. The Balaban J connectivity index is 1.39. The molecule has 3 N–H and O–H groups in total. The monoisotopic (exact) mass is 317 g/mol. The van der Waals surface area contributed by atoms with Crippen molar-refractivity contribution in [2.24, 2.45) is 0 Å². The number of amides is 1. The zero-order valence-corrected chi connectivity index (χ0v) is 14.2. The Kier molecular flexibility index (Phi) is 8.74. The standard InChI is InChI=1S/C19H31N3O/c23-19(17-9-3-1-4-10-17)22-14-8-7-13-20-15-16-21-18-11-5-2-6-12-18/h1,3-4,9-10,18,20-21H,2,5-8,11-16H2,(H,22,23). The van der Waals surface area contributed by atoms with Crippen molar-refractivity contribution in [2.45, 2.75) is 51.0 Å². The van der Waals surface area contributed by atoms with Crippen LogP contribution in [0, 0.1) is 0 Å². The topological polar surface area (TPSA) is 53.2 Å². The van der Waals surface area contributed by atoms with E-state index >= 15 is 0 Å². The second-order valence-corrected chi connectivity index (χ2v) is 6.37. The Hall–Kier alpha value is -1.39. The van der Waals surface area contributed by atoms with Crippen LogP contribution in [0.4, 0.5) is 0 Å². The smallest absolute Gasteiger partial charge is 0.251 e. The molecule has 1 aromatic rings. The summed E-state index contributed by atoms with van der Waals surface area (Å²) in [5, 5.41) is 10.1. The zero-order valence-electron chi connectivity index (χ0n) is 14.2. The molecular formula is C19H31N3O. The average molecular weight is 317 g/mol. The number of hydrogen-bond acceptors (Lipinski definition) is 3. The predicted molar refractivity (Wildman–Crippen MR) is 95.8 cm³/mol. The first-order valence-electron chi connectivity index (χ1n) is 9.13. The van der Waals surface area contributed by atoms with Gasteiger partial charge < -0.3 is 16.0 Å². The SMILES string of the molecule is O=C(NCCCCNCCNC1CCCCC1)c1ccccc1.